The molecule has 5 heteroatoms. The summed E-state index contributed by atoms with van der Waals surface area (Å²) in [6.45, 7) is 6.52. The zero-order valence-electron chi connectivity index (χ0n) is 14.5. The second kappa shape index (κ2) is 8.60. The van der Waals surface area contributed by atoms with Crippen LogP contribution in [0.4, 0.5) is 5.69 Å². The predicted octanol–water partition coefficient (Wildman–Crippen LogP) is 3.35. The highest BCUT2D eigenvalue weighted by Crippen LogP contribution is 2.26. The van der Waals surface area contributed by atoms with Crippen LogP contribution in [-0.4, -0.2) is 41.6 Å². The van der Waals surface area contributed by atoms with Gasteiger partial charge in [0.05, 0.1) is 11.9 Å². The molecule has 0 saturated carbocycles. The molecule has 2 N–H and O–H groups in total. The molecule has 2 aromatic rings. The fourth-order valence-electron chi connectivity index (χ4n) is 3.37. The van der Waals surface area contributed by atoms with Crippen LogP contribution in [0.3, 0.4) is 0 Å². The summed E-state index contributed by atoms with van der Waals surface area (Å²) in [5.74, 6) is 0. The summed E-state index contributed by atoms with van der Waals surface area (Å²) < 4.78 is 0. The average molecular weight is 345 g/mol. The maximum atomic E-state index is 5.90. The second-order valence-electron chi connectivity index (χ2n) is 6.81. The van der Waals surface area contributed by atoms with E-state index in [0.717, 1.165) is 32.6 Å². The van der Waals surface area contributed by atoms with E-state index < -0.39 is 0 Å². The molecular formula is C19H28N4S. The van der Waals surface area contributed by atoms with E-state index in [-0.39, 0.29) is 0 Å². The Bertz CT molecular complexity index is 577. The van der Waals surface area contributed by atoms with Crippen molar-refractivity contribution < 1.29 is 0 Å². The van der Waals surface area contributed by atoms with Crippen molar-refractivity contribution in [2.45, 2.75) is 44.8 Å². The van der Waals surface area contributed by atoms with Gasteiger partial charge in [0.2, 0.25) is 0 Å². The molecule has 0 aliphatic carbocycles. The number of pyridine rings is 1. The van der Waals surface area contributed by atoms with Crippen molar-refractivity contribution in [3.63, 3.8) is 0 Å². The van der Waals surface area contributed by atoms with Crippen LogP contribution < -0.4 is 10.6 Å². The number of likely N-dealkylation sites (tertiary alicyclic amines) is 1. The number of hydrogen-bond donors (Lipinski definition) is 1. The summed E-state index contributed by atoms with van der Waals surface area (Å²) in [4.78, 5) is 9.43. The van der Waals surface area contributed by atoms with E-state index in [4.69, 9.17) is 5.73 Å². The Kier molecular flexibility index (Phi) is 6.24. The molecule has 1 aliphatic rings. The van der Waals surface area contributed by atoms with E-state index in [1.165, 1.54) is 24.1 Å². The first kappa shape index (κ1) is 17.4. The summed E-state index contributed by atoms with van der Waals surface area (Å²) in [5, 5.41) is 4.41. The minimum absolute atomic E-state index is 0.299. The molecule has 0 spiro atoms. The van der Waals surface area contributed by atoms with Gasteiger partial charge in [-0.25, -0.2) is 0 Å². The van der Waals surface area contributed by atoms with Gasteiger partial charge in [0.15, 0.2) is 0 Å². The van der Waals surface area contributed by atoms with E-state index in [2.05, 4.69) is 44.6 Å². The second-order valence-corrected chi connectivity index (χ2v) is 7.59. The van der Waals surface area contributed by atoms with E-state index in [1.807, 2.05) is 18.5 Å². The number of hydrogen-bond acceptors (Lipinski definition) is 5. The largest absolute Gasteiger partial charge is 0.363 e. The summed E-state index contributed by atoms with van der Waals surface area (Å²) in [6, 6.07) is 7.33. The van der Waals surface area contributed by atoms with Gasteiger partial charge >= 0.3 is 0 Å². The minimum atomic E-state index is 0.299. The Morgan fingerprint density at radius 2 is 2.21 bits per heavy atom. The van der Waals surface area contributed by atoms with Crippen LogP contribution in [0.25, 0.3) is 0 Å². The molecule has 0 bridgehead atoms. The van der Waals surface area contributed by atoms with Gasteiger partial charge in [-0.15, -0.1) is 0 Å². The van der Waals surface area contributed by atoms with Crippen molar-refractivity contribution in [1.29, 1.82) is 0 Å². The quantitative estimate of drug-likeness (QED) is 0.837. The molecule has 2 aromatic heterocycles. The average Bonchev–Trinajstić information content (AvgIpc) is 3.12. The number of aromatic nitrogens is 1. The third-order valence-corrected chi connectivity index (χ3v) is 5.54. The van der Waals surface area contributed by atoms with Gasteiger partial charge in [0.1, 0.15) is 0 Å². The zero-order chi connectivity index (χ0) is 16.8. The first-order valence-corrected chi connectivity index (χ1v) is 9.82. The van der Waals surface area contributed by atoms with Gasteiger partial charge in [0.25, 0.3) is 0 Å². The molecule has 1 atom stereocenters. The lowest BCUT2D eigenvalue weighted by molar-refractivity contribution is 0.203. The Morgan fingerprint density at radius 1 is 1.38 bits per heavy atom. The first-order valence-electron chi connectivity index (χ1n) is 8.88. The summed E-state index contributed by atoms with van der Waals surface area (Å²) in [7, 11) is 0. The molecule has 0 radical (unpaired) electrons. The van der Waals surface area contributed by atoms with Crippen molar-refractivity contribution in [2.75, 3.05) is 24.5 Å². The highest BCUT2D eigenvalue weighted by atomic mass is 32.1. The van der Waals surface area contributed by atoms with E-state index >= 15 is 0 Å². The zero-order valence-corrected chi connectivity index (χ0v) is 15.3. The lowest BCUT2D eigenvalue weighted by Gasteiger charge is -2.40. The topological polar surface area (TPSA) is 45.4 Å². The van der Waals surface area contributed by atoms with Crippen LogP contribution in [0, 0.1) is 0 Å². The number of rotatable bonds is 7. The normalized spacial score (nSPS) is 17.8. The number of piperidine rings is 1. The number of anilines is 1. The highest BCUT2D eigenvalue weighted by Gasteiger charge is 2.25. The highest BCUT2D eigenvalue weighted by molar-refractivity contribution is 7.07. The maximum Gasteiger partial charge on any atom is 0.0558 e. The van der Waals surface area contributed by atoms with Crippen LogP contribution in [-0.2, 0) is 6.54 Å². The van der Waals surface area contributed by atoms with E-state index in [9.17, 15) is 0 Å². The molecule has 1 saturated heterocycles. The fraction of sp³-hybridized carbons (Fsp3) is 0.526. The predicted molar refractivity (Wildman–Crippen MR) is 102 cm³/mol. The Labute approximate surface area is 149 Å². The molecule has 1 aliphatic heterocycles. The van der Waals surface area contributed by atoms with Crippen LogP contribution in [0.2, 0.25) is 0 Å². The molecule has 3 rings (SSSR count). The van der Waals surface area contributed by atoms with E-state index in [0.29, 0.717) is 12.1 Å². The van der Waals surface area contributed by atoms with Gasteiger partial charge < -0.3 is 15.5 Å². The molecule has 1 unspecified atom stereocenters. The van der Waals surface area contributed by atoms with E-state index in [1.54, 1.807) is 11.3 Å². The molecule has 3 heterocycles. The SMILES string of the molecule is CC(N)CCN1CCC(N(Cc2ccsc2)c2cccnc2)CC1. The van der Waals surface area contributed by atoms with Crippen LogP contribution in [0.5, 0.6) is 0 Å². The lowest BCUT2D eigenvalue weighted by atomic mass is 10.0. The molecule has 24 heavy (non-hydrogen) atoms. The third kappa shape index (κ3) is 4.79. The minimum Gasteiger partial charge on any atom is -0.363 e. The molecular weight excluding hydrogens is 316 g/mol. The molecule has 130 valence electrons. The molecule has 0 aromatic carbocycles. The Hall–Kier alpha value is -1.43. The van der Waals surface area contributed by atoms with Gasteiger partial charge in [-0.05, 0) is 67.3 Å². The Balaban J connectivity index is 1.64. The van der Waals surface area contributed by atoms with Gasteiger partial charge in [0, 0.05) is 37.9 Å². The van der Waals surface area contributed by atoms with Crippen LogP contribution in [0.1, 0.15) is 31.7 Å². The summed E-state index contributed by atoms with van der Waals surface area (Å²) >= 11 is 1.77. The Morgan fingerprint density at radius 3 is 2.83 bits per heavy atom. The van der Waals surface area contributed by atoms with Crippen molar-refractivity contribution in [1.82, 2.24) is 9.88 Å². The van der Waals surface area contributed by atoms with Gasteiger partial charge in [-0.1, -0.05) is 0 Å². The lowest BCUT2D eigenvalue weighted by Crippen LogP contribution is -2.45. The fourth-order valence-corrected chi connectivity index (χ4v) is 4.03. The standard InChI is InChI=1S/C19H28N4S/c1-16(20)4-9-22-10-5-18(6-11-22)23(14-17-7-12-24-15-17)19-3-2-8-21-13-19/h2-3,7-8,12-13,15-16,18H,4-6,9-11,14,20H2,1H3. The van der Waals surface area contributed by atoms with Gasteiger partial charge in [-0.2, -0.15) is 11.3 Å². The number of thiophene rings is 1. The third-order valence-electron chi connectivity index (χ3n) is 4.81. The molecule has 1 fully saturated rings. The van der Waals surface area contributed by atoms with Crippen molar-refractivity contribution in [3.05, 3.63) is 46.9 Å². The van der Waals surface area contributed by atoms with Crippen molar-refractivity contribution in [3.8, 4) is 0 Å². The first-order chi connectivity index (χ1) is 11.7. The smallest absolute Gasteiger partial charge is 0.0558 e. The van der Waals surface area contributed by atoms with Crippen LogP contribution >= 0.6 is 11.3 Å². The van der Waals surface area contributed by atoms with Crippen molar-refractivity contribution >= 4 is 17.0 Å². The van der Waals surface area contributed by atoms with Crippen LogP contribution in [0.15, 0.2) is 41.4 Å². The maximum absolute atomic E-state index is 5.90. The monoisotopic (exact) mass is 344 g/mol. The molecule has 4 nitrogen and oxygen atoms in total. The van der Waals surface area contributed by atoms with Gasteiger partial charge in [-0.3, -0.25) is 4.98 Å². The summed E-state index contributed by atoms with van der Waals surface area (Å²) in [6.07, 6.45) is 7.35. The van der Waals surface area contributed by atoms with Crippen molar-refractivity contribution in [2.24, 2.45) is 5.73 Å². The molecule has 0 amide bonds. The number of nitrogens with zero attached hydrogens (tertiary/aromatic N) is 3. The summed E-state index contributed by atoms with van der Waals surface area (Å²) in [5.41, 5.74) is 8.52. The number of nitrogens with two attached hydrogens (primary N) is 1.